The van der Waals surface area contributed by atoms with E-state index in [1.165, 1.54) is 6.07 Å². The number of nitro benzene ring substituents is 1. The number of aryl methyl sites for hydroxylation is 1. The third-order valence-corrected chi connectivity index (χ3v) is 4.41. The van der Waals surface area contributed by atoms with Crippen LogP contribution >= 0.6 is 0 Å². The van der Waals surface area contributed by atoms with Crippen molar-refractivity contribution < 1.29 is 9.72 Å². The molecule has 0 radical (unpaired) electrons. The van der Waals surface area contributed by atoms with Crippen molar-refractivity contribution in [2.75, 3.05) is 18.0 Å². The average molecular weight is 368 g/mol. The maximum Gasteiger partial charge on any atom is 0.272 e. The van der Waals surface area contributed by atoms with Crippen LogP contribution in [0.15, 0.2) is 47.6 Å². The molecule has 1 amide bonds. The molecular weight excluding hydrogens is 344 g/mol. The van der Waals surface area contributed by atoms with E-state index in [1.807, 2.05) is 12.1 Å². The monoisotopic (exact) mass is 368 g/mol. The molecule has 2 rings (SSSR count). The van der Waals surface area contributed by atoms with Gasteiger partial charge in [-0.2, -0.15) is 5.10 Å². The van der Waals surface area contributed by atoms with Crippen molar-refractivity contribution in [3.05, 3.63) is 69.3 Å². The van der Waals surface area contributed by atoms with Gasteiger partial charge in [0.25, 0.3) is 11.6 Å². The third kappa shape index (κ3) is 4.91. The number of rotatable bonds is 7. The minimum absolute atomic E-state index is 0.0281. The molecule has 0 bridgehead atoms. The lowest BCUT2D eigenvalue weighted by molar-refractivity contribution is -0.385. The van der Waals surface area contributed by atoms with Gasteiger partial charge in [0.05, 0.1) is 10.6 Å². The maximum absolute atomic E-state index is 12.3. The van der Waals surface area contributed by atoms with Crippen LogP contribution in [0.1, 0.15) is 42.3 Å². The summed E-state index contributed by atoms with van der Waals surface area (Å²) in [5.74, 6) is -0.331. The zero-order valence-corrected chi connectivity index (χ0v) is 16.0. The molecule has 142 valence electrons. The van der Waals surface area contributed by atoms with Crippen LogP contribution in [0.2, 0.25) is 0 Å². The van der Waals surface area contributed by atoms with E-state index >= 15 is 0 Å². The van der Waals surface area contributed by atoms with Gasteiger partial charge in [-0.25, -0.2) is 5.43 Å². The second-order valence-corrected chi connectivity index (χ2v) is 6.12. The van der Waals surface area contributed by atoms with E-state index in [9.17, 15) is 14.9 Å². The Kier molecular flexibility index (Phi) is 6.65. The maximum atomic E-state index is 12.3. The molecule has 27 heavy (non-hydrogen) atoms. The molecule has 0 unspecified atom stereocenters. The minimum atomic E-state index is -0.428. The summed E-state index contributed by atoms with van der Waals surface area (Å²) >= 11 is 0. The summed E-state index contributed by atoms with van der Waals surface area (Å²) in [6.45, 7) is 9.33. The summed E-state index contributed by atoms with van der Waals surface area (Å²) in [6, 6.07) is 12.2. The third-order valence-electron chi connectivity index (χ3n) is 4.41. The molecule has 2 aromatic rings. The van der Waals surface area contributed by atoms with Gasteiger partial charge in [-0.05, 0) is 52.0 Å². The minimum Gasteiger partial charge on any atom is -0.372 e. The lowest BCUT2D eigenvalue weighted by Crippen LogP contribution is -2.22. The highest BCUT2D eigenvalue weighted by Gasteiger charge is 2.13. The number of nitrogens with one attached hydrogen (secondary N) is 1. The van der Waals surface area contributed by atoms with E-state index in [0.717, 1.165) is 18.8 Å². The Morgan fingerprint density at radius 2 is 1.70 bits per heavy atom. The van der Waals surface area contributed by atoms with Crippen LogP contribution < -0.4 is 10.3 Å². The molecule has 1 N–H and O–H groups in total. The van der Waals surface area contributed by atoms with Crippen LogP contribution in [-0.2, 0) is 0 Å². The zero-order valence-electron chi connectivity index (χ0n) is 16.0. The molecule has 0 spiro atoms. The van der Waals surface area contributed by atoms with Crippen molar-refractivity contribution in [1.29, 1.82) is 0 Å². The first kappa shape index (κ1) is 20.1. The number of nitrogens with zero attached hydrogens (tertiary/aromatic N) is 3. The van der Waals surface area contributed by atoms with Gasteiger partial charge in [0, 0.05) is 41.5 Å². The van der Waals surface area contributed by atoms with Crippen molar-refractivity contribution >= 4 is 23.0 Å². The smallest absolute Gasteiger partial charge is 0.272 e. The van der Waals surface area contributed by atoms with Crippen LogP contribution in [0.3, 0.4) is 0 Å². The van der Waals surface area contributed by atoms with Crippen molar-refractivity contribution in [2.24, 2.45) is 5.10 Å². The number of hydrogen-bond acceptors (Lipinski definition) is 5. The lowest BCUT2D eigenvalue weighted by atomic mass is 10.1. The number of carbonyl (C=O) groups is 1. The molecule has 0 atom stereocenters. The lowest BCUT2D eigenvalue weighted by Gasteiger charge is -2.20. The molecule has 2 aromatic carbocycles. The van der Waals surface area contributed by atoms with Crippen LogP contribution in [-0.4, -0.2) is 29.6 Å². The van der Waals surface area contributed by atoms with Gasteiger partial charge < -0.3 is 4.90 Å². The molecule has 7 heteroatoms. The first-order chi connectivity index (χ1) is 12.9. The molecule has 0 aromatic heterocycles. The molecule has 0 heterocycles. The van der Waals surface area contributed by atoms with E-state index < -0.39 is 4.92 Å². The van der Waals surface area contributed by atoms with Crippen molar-refractivity contribution in [2.45, 2.75) is 27.7 Å². The van der Waals surface area contributed by atoms with Gasteiger partial charge in [-0.1, -0.05) is 12.1 Å². The Labute approximate surface area is 158 Å². The molecule has 0 aliphatic carbocycles. The highest BCUT2D eigenvalue weighted by molar-refractivity contribution is 6.01. The second-order valence-electron chi connectivity index (χ2n) is 6.12. The zero-order chi connectivity index (χ0) is 20.0. The fourth-order valence-electron chi connectivity index (χ4n) is 2.71. The summed E-state index contributed by atoms with van der Waals surface area (Å²) in [4.78, 5) is 25.1. The van der Waals surface area contributed by atoms with Gasteiger partial charge in [-0.3, -0.25) is 14.9 Å². The molecule has 7 nitrogen and oxygen atoms in total. The SMILES string of the molecule is CCN(CC)c1ccc(C(=O)N/N=C(\C)c2ccc(C)c([N+](=O)[O-])c2)cc1. The Hall–Kier alpha value is -3.22. The number of benzene rings is 2. The number of hydrazone groups is 1. The molecule has 0 fully saturated rings. The topological polar surface area (TPSA) is 87.8 Å². The van der Waals surface area contributed by atoms with Gasteiger partial charge in [0.2, 0.25) is 0 Å². The summed E-state index contributed by atoms with van der Waals surface area (Å²) in [7, 11) is 0. The molecule has 0 aliphatic rings. The van der Waals surface area contributed by atoms with Crippen LogP contribution in [0, 0.1) is 17.0 Å². The Bertz CT molecular complexity index is 856. The highest BCUT2D eigenvalue weighted by atomic mass is 16.6. The van der Waals surface area contributed by atoms with E-state index in [2.05, 4.69) is 29.3 Å². The molecule has 0 saturated carbocycles. The van der Waals surface area contributed by atoms with Gasteiger partial charge >= 0.3 is 0 Å². The highest BCUT2D eigenvalue weighted by Crippen LogP contribution is 2.19. The molecule has 0 aliphatic heterocycles. The van der Waals surface area contributed by atoms with Crippen molar-refractivity contribution in [1.82, 2.24) is 5.43 Å². The van der Waals surface area contributed by atoms with Gasteiger partial charge in [0.15, 0.2) is 0 Å². The fraction of sp³-hybridized carbons (Fsp3) is 0.300. The van der Waals surface area contributed by atoms with E-state index in [0.29, 0.717) is 22.4 Å². The number of amides is 1. The van der Waals surface area contributed by atoms with Gasteiger partial charge in [0.1, 0.15) is 0 Å². The Balaban J connectivity index is 2.11. The van der Waals surface area contributed by atoms with Crippen molar-refractivity contribution in [3.8, 4) is 0 Å². The summed E-state index contributed by atoms with van der Waals surface area (Å²) in [5, 5.41) is 15.1. The molecule has 0 saturated heterocycles. The second kappa shape index (κ2) is 8.93. The largest absolute Gasteiger partial charge is 0.372 e. The van der Waals surface area contributed by atoms with E-state index in [4.69, 9.17) is 0 Å². The van der Waals surface area contributed by atoms with E-state index in [1.54, 1.807) is 38.1 Å². The standard InChI is InChI=1S/C20H24N4O3/c1-5-23(6-2)18-11-9-16(10-12-18)20(25)22-21-15(4)17-8-7-14(3)19(13-17)24(26)27/h7-13H,5-6H2,1-4H3,(H,22,25)/b21-15+. The van der Waals surface area contributed by atoms with E-state index in [-0.39, 0.29) is 11.6 Å². The van der Waals surface area contributed by atoms with Crippen LogP contribution in [0.25, 0.3) is 0 Å². The Morgan fingerprint density at radius 1 is 1.11 bits per heavy atom. The predicted octanol–water partition coefficient (Wildman–Crippen LogP) is 3.90. The summed E-state index contributed by atoms with van der Waals surface area (Å²) < 4.78 is 0. The molecular formula is C20H24N4O3. The number of hydrogen-bond donors (Lipinski definition) is 1. The number of carbonyl (C=O) groups excluding carboxylic acids is 1. The first-order valence-corrected chi connectivity index (χ1v) is 8.82. The summed E-state index contributed by atoms with van der Waals surface area (Å²) in [6.07, 6.45) is 0. The predicted molar refractivity (Wildman–Crippen MR) is 108 cm³/mol. The number of nitro groups is 1. The summed E-state index contributed by atoms with van der Waals surface area (Å²) in [5.41, 5.74) is 5.74. The number of anilines is 1. The quantitative estimate of drug-likeness (QED) is 0.456. The van der Waals surface area contributed by atoms with Crippen LogP contribution in [0.4, 0.5) is 11.4 Å². The van der Waals surface area contributed by atoms with Gasteiger partial charge in [-0.15, -0.1) is 0 Å². The Morgan fingerprint density at radius 3 is 2.26 bits per heavy atom. The normalized spacial score (nSPS) is 11.2. The first-order valence-electron chi connectivity index (χ1n) is 8.82. The fourth-order valence-corrected chi connectivity index (χ4v) is 2.71. The van der Waals surface area contributed by atoms with Crippen LogP contribution in [0.5, 0.6) is 0 Å². The van der Waals surface area contributed by atoms with Crippen molar-refractivity contribution in [3.63, 3.8) is 0 Å². The average Bonchev–Trinajstić information content (AvgIpc) is 2.67.